The van der Waals surface area contributed by atoms with Crippen LogP contribution in [0.25, 0.3) is 0 Å². The summed E-state index contributed by atoms with van der Waals surface area (Å²) in [5.74, 6) is 0.697. The van der Waals surface area contributed by atoms with Gasteiger partial charge in [-0.15, -0.1) is 0 Å². The van der Waals surface area contributed by atoms with Crippen molar-refractivity contribution in [1.29, 1.82) is 0 Å². The Labute approximate surface area is 130 Å². The zero-order valence-corrected chi connectivity index (χ0v) is 13.2. The number of halogens is 4. The van der Waals surface area contributed by atoms with Gasteiger partial charge in [0.05, 0.1) is 18.2 Å². The number of allylic oxidation sites excluding steroid dienone is 1. The zero-order chi connectivity index (χ0) is 15.5. The molecule has 116 valence electrons. The molecule has 0 saturated carbocycles. The van der Waals surface area contributed by atoms with Crippen LogP contribution in [0.1, 0.15) is 36.9 Å². The van der Waals surface area contributed by atoms with E-state index in [1.807, 2.05) is 13.0 Å². The van der Waals surface area contributed by atoms with Gasteiger partial charge in [0.2, 0.25) is 0 Å². The van der Waals surface area contributed by atoms with Crippen molar-refractivity contribution in [2.24, 2.45) is 0 Å². The Morgan fingerprint density at radius 1 is 1.38 bits per heavy atom. The molecule has 1 N–H and O–H groups in total. The van der Waals surface area contributed by atoms with Gasteiger partial charge in [-0.1, -0.05) is 22.9 Å². The second-order valence-corrected chi connectivity index (χ2v) is 5.68. The SMILES string of the molecule is CCNC(C1=CCCCO1)c1cc(C(F)(F)F)ccc1Br. The molecule has 0 bridgehead atoms. The van der Waals surface area contributed by atoms with Crippen LogP contribution in [0, 0.1) is 0 Å². The lowest BCUT2D eigenvalue weighted by molar-refractivity contribution is -0.137. The van der Waals surface area contributed by atoms with Crippen LogP contribution in [0.3, 0.4) is 0 Å². The lowest BCUT2D eigenvalue weighted by atomic mass is 10.00. The maximum Gasteiger partial charge on any atom is 0.416 e. The number of nitrogens with one attached hydrogen (secondary N) is 1. The summed E-state index contributed by atoms with van der Waals surface area (Å²) in [4.78, 5) is 0. The highest BCUT2D eigenvalue weighted by Crippen LogP contribution is 2.36. The Morgan fingerprint density at radius 2 is 2.14 bits per heavy atom. The molecule has 0 radical (unpaired) electrons. The summed E-state index contributed by atoms with van der Waals surface area (Å²) in [6.07, 6.45) is -0.586. The van der Waals surface area contributed by atoms with Crippen LogP contribution >= 0.6 is 15.9 Å². The van der Waals surface area contributed by atoms with Gasteiger partial charge in [0.25, 0.3) is 0 Å². The van der Waals surface area contributed by atoms with E-state index in [0.717, 1.165) is 18.9 Å². The van der Waals surface area contributed by atoms with Crippen LogP contribution in [-0.4, -0.2) is 13.2 Å². The maximum absolute atomic E-state index is 12.9. The Bertz CT molecular complexity index is 528. The molecule has 1 aliphatic heterocycles. The van der Waals surface area contributed by atoms with E-state index in [2.05, 4.69) is 21.2 Å². The maximum atomic E-state index is 12.9. The first-order valence-electron chi connectivity index (χ1n) is 6.86. The number of benzene rings is 1. The second kappa shape index (κ2) is 6.83. The van der Waals surface area contributed by atoms with Gasteiger partial charge < -0.3 is 10.1 Å². The first-order chi connectivity index (χ1) is 9.93. The van der Waals surface area contributed by atoms with Gasteiger partial charge in [0.1, 0.15) is 5.76 Å². The first kappa shape index (κ1) is 16.4. The summed E-state index contributed by atoms with van der Waals surface area (Å²) in [6.45, 7) is 3.15. The molecule has 1 heterocycles. The monoisotopic (exact) mass is 363 g/mol. The van der Waals surface area contributed by atoms with Crippen molar-refractivity contribution < 1.29 is 17.9 Å². The number of hydrogen-bond donors (Lipinski definition) is 1. The summed E-state index contributed by atoms with van der Waals surface area (Å²) >= 11 is 3.34. The molecule has 0 spiro atoms. The average Bonchev–Trinajstić information content (AvgIpc) is 2.45. The number of rotatable bonds is 4. The van der Waals surface area contributed by atoms with E-state index in [4.69, 9.17) is 4.74 Å². The van der Waals surface area contributed by atoms with Crippen molar-refractivity contribution in [2.75, 3.05) is 13.2 Å². The summed E-state index contributed by atoms with van der Waals surface area (Å²) in [7, 11) is 0. The standard InChI is InChI=1S/C15H17BrF3NO/c1-2-20-14(13-5-3-4-8-21-13)11-9-10(15(17,18)19)6-7-12(11)16/h5-7,9,14,20H,2-4,8H2,1H3. The highest BCUT2D eigenvalue weighted by molar-refractivity contribution is 9.10. The van der Waals surface area contributed by atoms with Crippen molar-refractivity contribution >= 4 is 15.9 Å². The molecular weight excluding hydrogens is 347 g/mol. The molecule has 0 fully saturated rings. The third kappa shape index (κ3) is 4.01. The largest absolute Gasteiger partial charge is 0.496 e. The van der Waals surface area contributed by atoms with Crippen molar-refractivity contribution in [3.63, 3.8) is 0 Å². The van der Waals surface area contributed by atoms with Crippen LogP contribution in [0.2, 0.25) is 0 Å². The summed E-state index contributed by atoms with van der Waals surface area (Å²) < 4.78 is 45.0. The Kier molecular flexibility index (Phi) is 5.32. The molecule has 1 aromatic carbocycles. The van der Waals surface area contributed by atoms with E-state index in [1.54, 1.807) is 0 Å². The van der Waals surface area contributed by atoms with Gasteiger partial charge in [-0.2, -0.15) is 13.2 Å². The fourth-order valence-corrected chi connectivity index (χ4v) is 2.76. The van der Waals surface area contributed by atoms with Crippen LogP contribution in [0.4, 0.5) is 13.2 Å². The van der Waals surface area contributed by atoms with Crippen molar-refractivity contribution in [1.82, 2.24) is 5.32 Å². The number of alkyl halides is 3. The van der Waals surface area contributed by atoms with Gasteiger partial charge in [0.15, 0.2) is 0 Å². The van der Waals surface area contributed by atoms with E-state index >= 15 is 0 Å². The molecule has 21 heavy (non-hydrogen) atoms. The molecule has 0 amide bonds. The highest BCUT2D eigenvalue weighted by atomic mass is 79.9. The summed E-state index contributed by atoms with van der Waals surface area (Å²) in [6, 6.07) is 3.32. The fourth-order valence-electron chi connectivity index (χ4n) is 2.29. The van der Waals surface area contributed by atoms with E-state index in [0.29, 0.717) is 28.9 Å². The molecule has 1 unspecified atom stereocenters. The summed E-state index contributed by atoms with van der Waals surface area (Å²) in [5.41, 5.74) is -0.111. The predicted molar refractivity (Wildman–Crippen MR) is 78.8 cm³/mol. The smallest absolute Gasteiger partial charge is 0.416 e. The van der Waals surface area contributed by atoms with Crippen molar-refractivity contribution in [2.45, 2.75) is 32.0 Å². The quantitative estimate of drug-likeness (QED) is 0.828. The number of hydrogen-bond acceptors (Lipinski definition) is 2. The minimum absolute atomic E-state index is 0.369. The van der Waals surface area contributed by atoms with Crippen LogP contribution in [-0.2, 0) is 10.9 Å². The fraction of sp³-hybridized carbons (Fsp3) is 0.467. The number of ether oxygens (including phenoxy) is 1. The van der Waals surface area contributed by atoms with E-state index in [1.165, 1.54) is 12.1 Å². The molecule has 6 heteroatoms. The Morgan fingerprint density at radius 3 is 2.71 bits per heavy atom. The van der Waals surface area contributed by atoms with Crippen LogP contribution < -0.4 is 5.32 Å². The van der Waals surface area contributed by atoms with E-state index < -0.39 is 11.7 Å². The lowest BCUT2D eigenvalue weighted by Gasteiger charge is -2.26. The molecule has 0 saturated heterocycles. The molecule has 0 aliphatic carbocycles. The molecule has 0 aromatic heterocycles. The average molecular weight is 364 g/mol. The lowest BCUT2D eigenvalue weighted by Crippen LogP contribution is -2.26. The molecule has 2 rings (SSSR count). The zero-order valence-electron chi connectivity index (χ0n) is 11.6. The predicted octanol–water partition coefficient (Wildman–Crippen LogP) is 4.81. The topological polar surface area (TPSA) is 21.3 Å². The van der Waals surface area contributed by atoms with Crippen molar-refractivity contribution in [3.05, 3.63) is 45.6 Å². The Hall–Kier alpha value is -1.01. The minimum Gasteiger partial charge on any atom is -0.496 e. The van der Waals surface area contributed by atoms with Gasteiger partial charge in [0, 0.05) is 4.47 Å². The third-order valence-electron chi connectivity index (χ3n) is 3.29. The van der Waals surface area contributed by atoms with Crippen molar-refractivity contribution in [3.8, 4) is 0 Å². The van der Waals surface area contributed by atoms with Gasteiger partial charge >= 0.3 is 6.18 Å². The van der Waals surface area contributed by atoms with E-state index in [-0.39, 0.29) is 6.04 Å². The highest BCUT2D eigenvalue weighted by Gasteiger charge is 2.32. The number of likely N-dealkylation sites (N-methyl/N-ethyl adjacent to an activating group) is 1. The molecule has 1 atom stereocenters. The first-order valence-corrected chi connectivity index (χ1v) is 7.65. The third-order valence-corrected chi connectivity index (χ3v) is 4.01. The molecule has 1 aromatic rings. The van der Waals surface area contributed by atoms with Crippen LogP contribution in [0.5, 0.6) is 0 Å². The van der Waals surface area contributed by atoms with Gasteiger partial charge in [-0.3, -0.25) is 0 Å². The normalized spacial score (nSPS) is 17.1. The molecular formula is C15H17BrF3NO. The van der Waals surface area contributed by atoms with Crippen LogP contribution in [0.15, 0.2) is 34.5 Å². The molecule has 1 aliphatic rings. The molecule has 2 nitrogen and oxygen atoms in total. The minimum atomic E-state index is -4.35. The summed E-state index contributed by atoms with van der Waals surface area (Å²) in [5, 5.41) is 3.20. The van der Waals surface area contributed by atoms with Gasteiger partial charge in [-0.25, -0.2) is 0 Å². The second-order valence-electron chi connectivity index (χ2n) is 4.82. The Balaban J connectivity index is 2.41. The van der Waals surface area contributed by atoms with E-state index in [9.17, 15) is 13.2 Å². The van der Waals surface area contributed by atoms with Gasteiger partial charge in [-0.05, 0) is 49.2 Å².